The van der Waals surface area contributed by atoms with E-state index in [9.17, 15) is 0 Å². The van der Waals surface area contributed by atoms with Gasteiger partial charge in [0.2, 0.25) is 0 Å². The van der Waals surface area contributed by atoms with Gasteiger partial charge in [0.15, 0.2) is 0 Å². The van der Waals surface area contributed by atoms with Crippen LogP contribution in [0.1, 0.15) is 57.4 Å². The Balaban J connectivity index is 0.00000129. The third-order valence-corrected chi connectivity index (χ3v) is 5.31. The minimum atomic E-state index is 0.684. The van der Waals surface area contributed by atoms with Crippen LogP contribution in [0.3, 0.4) is 0 Å². The van der Waals surface area contributed by atoms with E-state index in [1.54, 1.807) is 0 Å². The van der Waals surface area contributed by atoms with Gasteiger partial charge in [-0.05, 0) is 38.1 Å². The lowest BCUT2D eigenvalue weighted by Crippen LogP contribution is -2.45. The Morgan fingerprint density at radius 2 is 1.79 bits per heavy atom. The van der Waals surface area contributed by atoms with Gasteiger partial charge in [-0.1, -0.05) is 53.3 Å². The number of nitrogens with zero attached hydrogens (tertiary/aromatic N) is 6. The first-order valence-corrected chi connectivity index (χ1v) is 12.3. The first-order chi connectivity index (χ1) is 16.0. The highest BCUT2D eigenvalue weighted by molar-refractivity contribution is 5.65. The van der Waals surface area contributed by atoms with Crippen LogP contribution in [0.25, 0.3) is 5.70 Å². The standard InChI is InChI=1S/C23H32N6.2C2H6/c1-6-9-21(23-19(7-2)10-8-11-24-23)28(5)17-20-16-22(26-18(3)25-20)29-14-12-27(4)13-15-29;2*1-2/h6,8-11,16H,1,7,12-15,17H2,2-5H3;2*1-2H3/b21-9+;;. The van der Waals surface area contributed by atoms with Gasteiger partial charge in [0, 0.05) is 45.5 Å². The van der Waals surface area contributed by atoms with Crippen molar-refractivity contribution in [1.82, 2.24) is 24.8 Å². The number of aryl methyl sites for hydroxylation is 2. The second kappa shape index (κ2) is 15.2. The molecule has 3 rings (SSSR count). The predicted octanol–water partition coefficient (Wildman–Crippen LogP) is 5.21. The molecule has 2 aromatic heterocycles. The Kier molecular flexibility index (Phi) is 13.0. The molecule has 6 nitrogen and oxygen atoms in total. The molecule has 0 bridgehead atoms. The van der Waals surface area contributed by atoms with Crippen molar-refractivity contribution in [3.63, 3.8) is 0 Å². The number of aromatic nitrogens is 3. The van der Waals surface area contributed by atoms with Crippen molar-refractivity contribution in [3.05, 3.63) is 65.9 Å². The van der Waals surface area contributed by atoms with Crippen LogP contribution in [-0.2, 0) is 13.0 Å². The fourth-order valence-corrected chi connectivity index (χ4v) is 3.67. The van der Waals surface area contributed by atoms with E-state index >= 15 is 0 Å². The van der Waals surface area contributed by atoms with Crippen LogP contribution < -0.4 is 4.90 Å². The molecular formula is C27H44N6. The maximum atomic E-state index is 4.70. The van der Waals surface area contributed by atoms with Crippen molar-refractivity contribution in [2.75, 3.05) is 45.2 Å². The van der Waals surface area contributed by atoms with Gasteiger partial charge in [-0.15, -0.1) is 0 Å². The Morgan fingerprint density at radius 1 is 1.12 bits per heavy atom. The zero-order chi connectivity index (χ0) is 24.8. The molecule has 2 aromatic rings. The summed E-state index contributed by atoms with van der Waals surface area (Å²) < 4.78 is 0. The number of hydrogen-bond acceptors (Lipinski definition) is 6. The van der Waals surface area contributed by atoms with Gasteiger partial charge in [0.25, 0.3) is 0 Å². The maximum absolute atomic E-state index is 4.70. The van der Waals surface area contributed by atoms with Crippen LogP contribution in [0.15, 0.2) is 43.1 Å². The highest BCUT2D eigenvalue weighted by atomic mass is 15.3. The van der Waals surface area contributed by atoms with E-state index in [4.69, 9.17) is 9.97 Å². The average Bonchev–Trinajstić information content (AvgIpc) is 2.85. The molecule has 182 valence electrons. The van der Waals surface area contributed by atoms with Crippen LogP contribution >= 0.6 is 0 Å². The summed E-state index contributed by atoms with van der Waals surface area (Å²) in [5.74, 6) is 1.83. The highest BCUT2D eigenvalue weighted by Gasteiger charge is 2.18. The summed E-state index contributed by atoms with van der Waals surface area (Å²) in [4.78, 5) is 20.9. The second-order valence-electron chi connectivity index (χ2n) is 7.56. The van der Waals surface area contributed by atoms with E-state index in [0.29, 0.717) is 6.54 Å². The predicted molar refractivity (Wildman–Crippen MR) is 142 cm³/mol. The molecule has 33 heavy (non-hydrogen) atoms. The molecular weight excluding hydrogens is 408 g/mol. The van der Waals surface area contributed by atoms with E-state index in [1.807, 2.05) is 59.0 Å². The second-order valence-corrected chi connectivity index (χ2v) is 7.56. The summed E-state index contributed by atoms with van der Waals surface area (Å²) in [5.41, 5.74) is 4.29. The Morgan fingerprint density at radius 3 is 2.39 bits per heavy atom. The number of piperazine rings is 1. The molecule has 0 spiro atoms. The molecule has 1 saturated heterocycles. The normalized spacial score (nSPS) is 13.9. The number of rotatable bonds is 7. The molecule has 0 aromatic carbocycles. The van der Waals surface area contributed by atoms with Gasteiger partial charge in [-0.25, -0.2) is 9.97 Å². The lowest BCUT2D eigenvalue weighted by atomic mass is 10.1. The SMILES string of the molecule is C=C/C=C(\c1ncccc1CC)N(C)Cc1cc(N2CCN(C)CC2)nc(C)n1.CC.CC. The van der Waals surface area contributed by atoms with Gasteiger partial charge in [-0.2, -0.15) is 0 Å². The first-order valence-electron chi connectivity index (χ1n) is 12.3. The van der Waals surface area contributed by atoms with E-state index in [2.05, 4.69) is 59.4 Å². The average molecular weight is 453 g/mol. The summed E-state index contributed by atoms with van der Waals surface area (Å²) in [7, 11) is 4.25. The van der Waals surface area contributed by atoms with Crippen LogP contribution in [-0.4, -0.2) is 65.0 Å². The van der Waals surface area contributed by atoms with Crippen molar-refractivity contribution in [1.29, 1.82) is 0 Å². The topological polar surface area (TPSA) is 48.4 Å². The number of pyridine rings is 1. The van der Waals surface area contributed by atoms with Crippen LogP contribution in [0.4, 0.5) is 5.82 Å². The van der Waals surface area contributed by atoms with Crippen LogP contribution in [0, 0.1) is 6.92 Å². The summed E-state index contributed by atoms with van der Waals surface area (Å²) in [6.07, 6.45) is 6.63. The Hall–Kier alpha value is -2.73. The molecule has 1 aliphatic heterocycles. The molecule has 1 fully saturated rings. The van der Waals surface area contributed by atoms with Gasteiger partial charge < -0.3 is 14.7 Å². The molecule has 0 atom stereocenters. The largest absolute Gasteiger partial charge is 0.367 e. The minimum Gasteiger partial charge on any atom is -0.367 e. The molecule has 3 heterocycles. The number of hydrogen-bond donors (Lipinski definition) is 0. The molecule has 0 amide bonds. The van der Waals surface area contributed by atoms with Crippen molar-refractivity contribution >= 4 is 11.5 Å². The van der Waals surface area contributed by atoms with Gasteiger partial charge in [0.05, 0.1) is 23.6 Å². The molecule has 0 unspecified atom stereocenters. The summed E-state index contributed by atoms with van der Waals surface area (Å²) in [5, 5.41) is 0. The monoisotopic (exact) mass is 452 g/mol. The van der Waals surface area contributed by atoms with Crippen molar-refractivity contribution in [2.24, 2.45) is 0 Å². The minimum absolute atomic E-state index is 0.684. The Bertz CT molecular complexity index is 869. The summed E-state index contributed by atoms with van der Waals surface area (Å²) in [6.45, 7) is 20.8. The van der Waals surface area contributed by atoms with E-state index in [0.717, 1.165) is 61.3 Å². The lowest BCUT2D eigenvalue weighted by Gasteiger charge is -2.33. The molecule has 0 aliphatic carbocycles. The number of anilines is 1. The summed E-state index contributed by atoms with van der Waals surface area (Å²) in [6, 6.07) is 6.25. The third-order valence-electron chi connectivity index (χ3n) is 5.31. The van der Waals surface area contributed by atoms with Crippen LogP contribution in [0.2, 0.25) is 0 Å². The van der Waals surface area contributed by atoms with E-state index in [-0.39, 0.29) is 0 Å². The highest BCUT2D eigenvalue weighted by Crippen LogP contribution is 2.23. The van der Waals surface area contributed by atoms with E-state index < -0.39 is 0 Å². The van der Waals surface area contributed by atoms with Gasteiger partial charge in [-0.3, -0.25) is 4.98 Å². The fraction of sp³-hybridized carbons (Fsp3) is 0.519. The van der Waals surface area contributed by atoms with Gasteiger partial charge >= 0.3 is 0 Å². The molecule has 0 N–H and O–H groups in total. The maximum Gasteiger partial charge on any atom is 0.132 e. The quantitative estimate of drug-likeness (QED) is 0.538. The zero-order valence-corrected chi connectivity index (χ0v) is 22.1. The molecule has 6 heteroatoms. The lowest BCUT2D eigenvalue weighted by molar-refractivity contribution is 0.312. The summed E-state index contributed by atoms with van der Waals surface area (Å²) >= 11 is 0. The third kappa shape index (κ3) is 8.28. The van der Waals surface area contributed by atoms with Crippen molar-refractivity contribution in [2.45, 2.75) is 54.5 Å². The molecule has 0 radical (unpaired) electrons. The Labute approximate surface area is 202 Å². The zero-order valence-electron chi connectivity index (χ0n) is 22.1. The first kappa shape index (κ1) is 28.3. The van der Waals surface area contributed by atoms with Gasteiger partial charge in [0.1, 0.15) is 11.6 Å². The molecule has 1 aliphatic rings. The number of allylic oxidation sites excluding steroid dienone is 2. The van der Waals surface area contributed by atoms with E-state index in [1.165, 1.54) is 5.56 Å². The smallest absolute Gasteiger partial charge is 0.132 e. The van der Waals surface area contributed by atoms with Crippen molar-refractivity contribution in [3.8, 4) is 0 Å². The van der Waals surface area contributed by atoms with Crippen LogP contribution in [0.5, 0.6) is 0 Å². The fourth-order valence-electron chi connectivity index (χ4n) is 3.67. The number of likely N-dealkylation sites (N-methyl/N-ethyl adjacent to an activating group) is 1. The van der Waals surface area contributed by atoms with Crippen molar-refractivity contribution < 1.29 is 0 Å². The molecule has 0 saturated carbocycles.